The SMILES string of the molecule is C=CCOc1ccccc1/C=N\NC(=O)[C@@H](Cc1ccccc1)NC(=O)COc1c(C)cccc1C. The van der Waals surface area contributed by atoms with Crippen LogP contribution in [0.1, 0.15) is 22.3 Å². The van der Waals surface area contributed by atoms with E-state index in [-0.39, 0.29) is 6.61 Å². The fourth-order valence-corrected chi connectivity index (χ4v) is 3.57. The van der Waals surface area contributed by atoms with Crippen molar-refractivity contribution in [2.45, 2.75) is 26.3 Å². The van der Waals surface area contributed by atoms with Crippen molar-refractivity contribution in [1.29, 1.82) is 0 Å². The van der Waals surface area contributed by atoms with Crippen LogP contribution >= 0.6 is 0 Å². The van der Waals surface area contributed by atoms with Gasteiger partial charge >= 0.3 is 0 Å². The first-order valence-corrected chi connectivity index (χ1v) is 11.7. The van der Waals surface area contributed by atoms with Crippen LogP contribution in [-0.2, 0) is 16.0 Å². The van der Waals surface area contributed by atoms with Crippen LogP contribution in [0.3, 0.4) is 0 Å². The molecule has 7 heteroatoms. The highest BCUT2D eigenvalue weighted by molar-refractivity contribution is 5.90. The van der Waals surface area contributed by atoms with E-state index in [2.05, 4.69) is 22.4 Å². The van der Waals surface area contributed by atoms with Gasteiger partial charge < -0.3 is 14.8 Å². The maximum Gasteiger partial charge on any atom is 0.262 e. The Morgan fingerprint density at radius 2 is 1.64 bits per heavy atom. The predicted molar refractivity (Wildman–Crippen MR) is 141 cm³/mol. The summed E-state index contributed by atoms with van der Waals surface area (Å²) in [7, 11) is 0. The normalized spacial score (nSPS) is 11.5. The number of hydrogen-bond donors (Lipinski definition) is 2. The third kappa shape index (κ3) is 7.84. The second kappa shape index (κ2) is 13.5. The molecule has 3 aromatic carbocycles. The quantitative estimate of drug-likeness (QED) is 0.229. The van der Waals surface area contributed by atoms with Gasteiger partial charge in [0.2, 0.25) is 0 Å². The van der Waals surface area contributed by atoms with Crippen molar-refractivity contribution in [3.63, 3.8) is 0 Å². The van der Waals surface area contributed by atoms with Gasteiger partial charge in [-0.05, 0) is 42.7 Å². The van der Waals surface area contributed by atoms with E-state index < -0.39 is 17.9 Å². The molecule has 0 radical (unpaired) electrons. The maximum absolute atomic E-state index is 13.0. The average Bonchev–Trinajstić information content (AvgIpc) is 2.88. The first-order valence-electron chi connectivity index (χ1n) is 11.7. The molecule has 0 aromatic heterocycles. The minimum Gasteiger partial charge on any atom is -0.489 e. The smallest absolute Gasteiger partial charge is 0.262 e. The summed E-state index contributed by atoms with van der Waals surface area (Å²) in [5.74, 6) is 0.438. The Hall–Kier alpha value is -4.39. The summed E-state index contributed by atoms with van der Waals surface area (Å²) in [4.78, 5) is 25.7. The molecule has 3 aromatic rings. The van der Waals surface area contributed by atoms with Crippen LogP contribution in [-0.4, -0.2) is 37.3 Å². The summed E-state index contributed by atoms with van der Waals surface area (Å²) in [5, 5.41) is 6.86. The van der Waals surface area contributed by atoms with Gasteiger partial charge in [-0.3, -0.25) is 9.59 Å². The Morgan fingerprint density at radius 3 is 2.36 bits per heavy atom. The number of carbonyl (C=O) groups is 2. The Kier molecular flexibility index (Phi) is 9.82. The molecule has 0 aliphatic rings. The number of aryl methyl sites for hydroxylation is 2. The molecular weight excluding hydrogens is 454 g/mol. The first-order chi connectivity index (χ1) is 17.5. The van der Waals surface area contributed by atoms with Gasteiger partial charge in [0.15, 0.2) is 6.61 Å². The van der Waals surface area contributed by atoms with E-state index in [1.165, 1.54) is 6.21 Å². The Morgan fingerprint density at radius 1 is 0.944 bits per heavy atom. The molecule has 2 N–H and O–H groups in total. The lowest BCUT2D eigenvalue weighted by atomic mass is 10.1. The molecule has 0 spiro atoms. The van der Waals surface area contributed by atoms with Gasteiger partial charge in [-0.25, -0.2) is 5.43 Å². The summed E-state index contributed by atoms with van der Waals surface area (Å²) in [6.45, 7) is 7.64. The molecule has 0 fully saturated rings. The zero-order valence-corrected chi connectivity index (χ0v) is 20.6. The minimum atomic E-state index is -0.842. The van der Waals surface area contributed by atoms with Gasteiger partial charge in [0.05, 0.1) is 6.21 Å². The van der Waals surface area contributed by atoms with Crippen molar-refractivity contribution in [3.05, 3.63) is 108 Å². The van der Waals surface area contributed by atoms with Crippen LogP contribution in [0.15, 0.2) is 90.6 Å². The first kappa shape index (κ1) is 26.2. The standard InChI is InChI=1S/C29H31N3O4/c1-4-17-35-26-16-9-8-15-24(26)19-30-32-29(34)25(18-23-13-6-5-7-14-23)31-27(33)20-36-28-21(2)11-10-12-22(28)3/h4-16,19,25H,1,17-18,20H2,2-3H3,(H,31,33)(H,32,34)/b30-19-/t25-/m1/s1. The maximum atomic E-state index is 13.0. The van der Waals surface area contributed by atoms with E-state index in [0.717, 1.165) is 16.7 Å². The van der Waals surface area contributed by atoms with Crippen LogP contribution < -0.4 is 20.2 Å². The lowest BCUT2D eigenvalue weighted by Gasteiger charge is -2.18. The summed E-state index contributed by atoms with van der Waals surface area (Å²) >= 11 is 0. The molecule has 2 amide bonds. The number of para-hydroxylation sites is 2. The van der Waals surface area contributed by atoms with Crippen LogP contribution in [0.4, 0.5) is 0 Å². The summed E-state index contributed by atoms with van der Waals surface area (Å²) in [6.07, 6.45) is 3.45. The number of nitrogens with one attached hydrogen (secondary N) is 2. The summed E-state index contributed by atoms with van der Waals surface area (Å²) in [5.41, 5.74) is 6.01. The highest BCUT2D eigenvalue weighted by Crippen LogP contribution is 2.22. The lowest BCUT2D eigenvalue weighted by molar-refractivity contribution is -0.130. The molecule has 1 atom stereocenters. The zero-order valence-electron chi connectivity index (χ0n) is 20.6. The number of ether oxygens (including phenoxy) is 2. The molecule has 0 saturated carbocycles. The fraction of sp³-hybridized carbons (Fsp3) is 0.207. The highest BCUT2D eigenvalue weighted by Gasteiger charge is 2.21. The van der Waals surface area contributed by atoms with Gasteiger partial charge in [-0.15, -0.1) is 0 Å². The van der Waals surface area contributed by atoms with Crippen molar-refractivity contribution < 1.29 is 19.1 Å². The third-order valence-corrected chi connectivity index (χ3v) is 5.34. The number of benzene rings is 3. The number of rotatable bonds is 12. The van der Waals surface area contributed by atoms with E-state index in [4.69, 9.17) is 9.47 Å². The number of amides is 2. The second-order valence-electron chi connectivity index (χ2n) is 8.19. The number of carbonyl (C=O) groups excluding carboxylic acids is 2. The summed E-state index contributed by atoms with van der Waals surface area (Å²) in [6, 6.07) is 21.7. The van der Waals surface area contributed by atoms with Crippen LogP contribution in [0.25, 0.3) is 0 Å². The molecule has 0 unspecified atom stereocenters. The number of nitrogens with zero attached hydrogens (tertiary/aromatic N) is 1. The molecule has 0 bridgehead atoms. The average molecular weight is 486 g/mol. The van der Waals surface area contributed by atoms with Crippen molar-refractivity contribution in [1.82, 2.24) is 10.7 Å². The van der Waals surface area contributed by atoms with Gasteiger partial charge in [0, 0.05) is 12.0 Å². The van der Waals surface area contributed by atoms with Crippen molar-refractivity contribution in [2.75, 3.05) is 13.2 Å². The van der Waals surface area contributed by atoms with E-state index >= 15 is 0 Å². The molecular formula is C29H31N3O4. The van der Waals surface area contributed by atoms with Gasteiger partial charge in [-0.1, -0.05) is 73.3 Å². The van der Waals surface area contributed by atoms with Crippen molar-refractivity contribution in [3.8, 4) is 11.5 Å². The van der Waals surface area contributed by atoms with E-state index in [1.54, 1.807) is 12.1 Å². The monoisotopic (exact) mass is 485 g/mol. The Balaban J connectivity index is 1.67. The number of hydrogen-bond acceptors (Lipinski definition) is 5. The zero-order chi connectivity index (χ0) is 25.8. The van der Waals surface area contributed by atoms with Gasteiger partial charge in [0.25, 0.3) is 11.8 Å². The minimum absolute atomic E-state index is 0.207. The number of hydrazone groups is 1. The summed E-state index contributed by atoms with van der Waals surface area (Å²) < 4.78 is 11.4. The van der Waals surface area contributed by atoms with Crippen LogP contribution in [0, 0.1) is 13.8 Å². The molecule has 7 nitrogen and oxygen atoms in total. The third-order valence-electron chi connectivity index (χ3n) is 5.34. The van der Waals surface area contributed by atoms with E-state index in [9.17, 15) is 9.59 Å². The van der Waals surface area contributed by atoms with Crippen molar-refractivity contribution in [2.24, 2.45) is 5.10 Å². The largest absolute Gasteiger partial charge is 0.489 e. The lowest BCUT2D eigenvalue weighted by Crippen LogP contribution is -2.48. The fourth-order valence-electron chi connectivity index (χ4n) is 3.57. The van der Waals surface area contributed by atoms with Gasteiger partial charge in [0.1, 0.15) is 24.1 Å². The molecule has 36 heavy (non-hydrogen) atoms. The topological polar surface area (TPSA) is 89.0 Å². The highest BCUT2D eigenvalue weighted by atomic mass is 16.5. The van der Waals surface area contributed by atoms with Crippen LogP contribution in [0.5, 0.6) is 11.5 Å². The van der Waals surface area contributed by atoms with Crippen molar-refractivity contribution >= 4 is 18.0 Å². The van der Waals surface area contributed by atoms with Gasteiger partial charge in [-0.2, -0.15) is 5.10 Å². The van der Waals surface area contributed by atoms with Crippen LogP contribution in [0.2, 0.25) is 0 Å². The molecule has 3 rings (SSSR count). The molecule has 0 aliphatic carbocycles. The van der Waals surface area contributed by atoms with E-state index in [0.29, 0.717) is 30.1 Å². The second-order valence-corrected chi connectivity index (χ2v) is 8.19. The molecule has 0 aliphatic heterocycles. The predicted octanol–water partition coefficient (Wildman–Crippen LogP) is 4.12. The molecule has 0 heterocycles. The molecule has 186 valence electrons. The van der Waals surface area contributed by atoms with E-state index in [1.807, 2.05) is 80.6 Å². The Labute approximate surface area is 211 Å². The Bertz CT molecular complexity index is 1190. The molecule has 0 saturated heterocycles.